The molecule has 2 rings (SSSR count). The minimum absolute atomic E-state index is 0.117. The lowest BCUT2D eigenvalue weighted by Crippen LogP contribution is -2.42. The Morgan fingerprint density at radius 3 is 2.75 bits per heavy atom. The van der Waals surface area contributed by atoms with Crippen molar-refractivity contribution in [3.05, 3.63) is 29.6 Å². The summed E-state index contributed by atoms with van der Waals surface area (Å²) in [6.45, 7) is 4.73. The van der Waals surface area contributed by atoms with Crippen LogP contribution in [0.4, 0.5) is 4.39 Å². The molecule has 0 bridgehead atoms. The highest BCUT2D eigenvalue weighted by Gasteiger charge is 2.27. The normalized spacial score (nSPS) is 17.6. The van der Waals surface area contributed by atoms with E-state index in [1.54, 1.807) is 6.07 Å². The minimum Gasteiger partial charge on any atom is -0.494 e. The molecular weight excluding hydrogens is 259 g/mol. The largest absolute Gasteiger partial charge is 0.494 e. The third kappa shape index (κ3) is 3.48. The van der Waals surface area contributed by atoms with Crippen LogP contribution < -0.4 is 15.4 Å². The van der Waals surface area contributed by atoms with Crippen molar-refractivity contribution in [3.63, 3.8) is 0 Å². The van der Waals surface area contributed by atoms with E-state index >= 15 is 0 Å². The van der Waals surface area contributed by atoms with Gasteiger partial charge in [0.25, 0.3) is 5.91 Å². The highest BCUT2D eigenvalue weighted by Crippen LogP contribution is 2.26. The lowest BCUT2D eigenvalue weighted by atomic mass is 9.81. The molecule has 5 heteroatoms. The van der Waals surface area contributed by atoms with Gasteiger partial charge in [0.2, 0.25) is 0 Å². The number of carbonyl (C=O) groups is 1. The van der Waals surface area contributed by atoms with E-state index in [4.69, 9.17) is 4.74 Å². The van der Waals surface area contributed by atoms with Crippen LogP contribution in [0.2, 0.25) is 0 Å². The van der Waals surface area contributed by atoms with Crippen molar-refractivity contribution < 1.29 is 13.9 Å². The first-order valence-electron chi connectivity index (χ1n) is 6.86. The summed E-state index contributed by atoms with van der Waals surface area (Å²) in [7, 11) is 1.40. The molecule has 1 aliphatic heterocycles. The number of hydrogen-bond donors (Lipinski definition) is 2. The molecule has 0 aromatic heterocycles. The predicted octanol–water partition coefficient (Wildman–Crippen LogP) is 1.95. The summed E-state index contributed by atoms with van der Waals surface area (Å²) in [4.78, 5) is 12.0. The second-order valence-electron chi connectivity index (χ2n) is 5.59. The fourth-order valence-electron chi connectivity index (χ4n) is 2.41. The van der Waals surface area contributed by atoms with E-state index in [9.17, 15) is 9.18 Å². The molecule has 4 nitrogen and oxygen atoms in total. The van der Waals surface area contributed by atoms with Gasteiger partial charge in [-0.05, 0) is 49.5 Å². The minimum atomic E-state index is -0.520. The van der Waals surface area contributed by atoms with E-state index in [1.165, 1.54) is 19.2 Å². The standard InChI is InChI=1S/C15H21FN2O2/c1-15(5-7-17-8-6-15)10-18-14(19)11-3-4-13(20-2)12(16)9-11/h3-4,9,17H,5-8,10H2,1-2H3,(H,18,19). The Hall–Kier alpha value is -1.62. The van der Waals surface area contributed by atoms with Crippen molar-refractivity contribution in [3.8, 4) is 5.75 Å². The van der Waals surface area contributed by atoms with Gasteiger partial charge >= 0.3 is 0 Å². The van der Waals surface area contributed by atoms with Crippen LogP contribution in [-0.2, 0) is 0 Å². The topological polar surface area (TPSA) is 50.4 Å². The summed E-state index contributed by atoms with van der Waals surface area (Å²) < 4.78 is 18.4. The molecule has 0 saturated carbocycles. The van der Waals surface area contributed by atoms with Crippen LogP contribution in [0.5, 0.6) is 5.75 Å². The number of benzene rings is 1. The molecule has 110 valence electrons. The summed E-state index contributed by atoms with van der Waals surface area (Å²) in [5, 5.41) is 6.20. The molecule has 1 heterocycles. The second-order valence-corrected chi connectivity index (χ2v) is 5.59. The Morgan fingerprint density at radius 2 is 2.15 bits per heavy atom. The fourth-order valence-corrected chi connectivity index (χ4v) is 2.41. The quantitative estimate of drug-likeness (QED) is 0.886. The third-order valence-corrected chi connectivity index (χ3v) is 3.90. The number of halogens is 1. The van der Waals surface area contributed by atoms with Gasteiger partial charge in [-0.1, -0.05) is 6.92 Å². The second kappa shape index (κ2) is 6.22. The molecule has 1 fully saturated rings. The molecule has 0 aliphatic carbocycles. The van der Waals surface area contributed by atoms with Gasteiger partial charge in [0, 0.05) is 12.1 Å². The molecular formula is C15H21FN2O2. The van der Waals surface area contributed by atoms with Gasteiger partial charge in [0.05, 0.1) is 7.11 Å². The van der Waals surface area contributed by atoms with E-state index < -0.39 is 5.82 Å². The Balaban J connectivity index is 1.96. The maximum absolute atomic E-state index is 13.6. The average Bonchev–Trinajstić information content (AvgIpc) is 2.45. The van der Waals surface area contributed by atoms with E-state index in [-0.39, 0.29) is 17.1 Å². The molecule has 1 aromatic rings. The van der Waals surface area contributed by atoms with Gasteiger partial charge in [-0.25, -0.2) is 4.39 Å². The Kier molecular flexibility index (Phi) is 4.60. The van der Waals surface area contributed by atoms with Crippen LogP contribution in [0.3, 0.4) is 0 Å². The molecule has 1 amide bonds. The van der Waals surface area contributed by atoms with Crippen LogP contribution >= 0.6 is 0 Å². The zero-order chi connectivity index (χ0) is 14.6. The molecule has 0 atom stereocenters. The summed E-state index contributed by atoms with van der Waals surface area (Å²) in [6, 6.07) is 4.25. The van der Waals surface area contributed by atoms with Crippen LogP contribution in [0, 0.1) is 11.2 Å². The molecule has 1 aromatic carbocycles. The zero-order valence-corrected chi connectivity index (χ0v) is 12.0. The molecule has 0 spiro atoms. The number of hydrogen-bond acceptors (Lipinski definition) is 3. The molecule has 0 unspecified atom stereocenters. The van der Waals surface area contributed by atoms with Gasteiger partial charge in [0.1, 0.15) is 0 Å². The van der Waals surface area contributed by atoms with Crippen LogP contribution in [-0.4, -0.2) is 32.7 Å². The summed E-state index contributed by atoms with van der Waals surface area (Å²) in [6.07, 6.45) is 2.06. The van der Waals surface area contributed by atoms with Crippen LogP contribution in [0.1, 0.15) is 30.1 Å². The van der Waals surface area contributed by atoms with Crippen LogP contribution in [0.25, 0.3) is 0 Å². The first-order chi connectivity index (χ1) is 9.54. The van der Waals surface area contributed by atoms with Crippen LogP contribution in [0.15, 0.2) is 18.2 Å². The van der Waals surface area contributed by atoms with Crippen molar-refractivity contribution in [2.45, 2.75) is 19.8 Å². The maximum Gasteiger partial charge on any atom is 0.251 e. The summed E-state index contributed by atoms with van der Waals surface area (Å²) in [5.41, 5.74) is 0.437. The van der Waals surface area contributed by atoms with Gasteiger partial charge in [-0.3, -0.25) is 4.79 Å². The number of amides is 1. The van der Waals surface area contributed by atoms with Crippen molar-refractivity contribution in [1.82, 2.24) is 10.6 Å². The Labute approximate surface area is 118 Å². The summed E-state index contributed by atoms with van der Waals surface area (Å²) >= 11 is 0. The van der Waals surface area contributed by atoms with E-state index in [2.05, 4.69) is 17.6 Å². The maximum atomic E-state index is 13.6. The zero-order valence-electron chi connectivity index (χ0n) is 12.0. The molecule has 1 aliphatic rings. The van der Waals surface area contributed by atoms with Crippen molar-refractivity contribution in [2.24, 2.45) is 5.41 Å². The number of piperidine rings is 1. The predicted molar refractivity (Wildman–Crippen MR) is 75.5 cm³/mol. The fraction of sp³-hybridized carbons (Fsp3) is 0.533. The lowest BCUT2D eigenvalue weighted by molar-refractivity contribution is 0.0921. The van der Waals surface area contributed by atoms with E-state index in [0.717, 1.165) is 25.9 Å². The third-order valence-electron chi connectivity index (χ3n) is 3.90. The van der Waals surface area contributed by atoms with Crippen molar-refractivity contribution >= 4 is 5.91 Å². The number of nitrogens with one attached hydrogen (secondary N) is 2. The van der Waals surface area contributed by atoms with Gasteiger partial charge < -0.3 is 15.4 Å². The molecule has 1 saturated heterocycles. The SMILES string of the molecule is COc1ccc(C(=O)NCC2(C)CCNCC2)cc1F. The first-order valence-corrected chi connectivity index (χ1v) is 6.86. The number of methoxy groups -OCH3 is 1. The highest BCUT2D eigenvalue weighted by molar-refractivity contribution is 5.94. The Morgan fingerprint density at radius 1 is 1.45 bits per heavy atom. The highest BCUT2D eigenvalue weighted by atomic mass is 19.1. The van der Waals surface area contributed by atoms with Gasteiger partial charge in [0.15, 0.2) is 11.6 Å². The van der Waals surface area contributed by atoms with E-state index in [0.29, 0.717) is 12.1 Å². The molecule has 20 heavy (non-hydrogen) atoms. The van der Waals surface area contributed by atoms with Crippen molar-refractivity contribution in [2.75, 3.05) is 26.7 Å². The number of rotatable bonds is 4. The Bertz CT molecular complexity index is 485. The number of carbonyl (C=O) groups excluding carboxylic acids is 1. The summed E-state index contributed by atoms with van der Waals surface area (Å²) in [5.74, 6) is -0.619. The first kappa shape index (κ1) is 14.8. The van der Waals surface area contributed by atoms with Crippen molar-refractivity contribution in [1.29, 1.82) is 0 Å². The molecule has 0 radical (unpaired) electrons. The van der Waals surface area contributed by atoms with Gasteiger partial charge in [-0.2, -0.15) is 0 Å². The smallest absolute Gasteiger partial charge is 0.251 e. The average molecular weight is 280 g/mol. The lowest BCUT2D eigenvalue weighted by Gasteiger charge is -2.34. The van der Waals surface area contributed by atoms with Gasteiger partial charge in [-0.15, -0.1) is 0 Å². The van der Waals surface area contributed by atoms with E-state index in [1.807, 2.05) is 0 Å². The monoisotopic (exact) mass is 280 g/mol. The number of ether oxygens (including phenoxy) is 1. The molecule has 2 N–H and O–H groups in total.